The quantitative estimate of drug-likeness (QED) is 0.154. The van der Waals surface area contributed by atoms with Crippen molar-refractivity contribution >= 4 is 5.69 Å². The number of hydrogen-bond acceptors (Lipinski definition) is 2. The molecule has 0 bridgehead atoms. The highest BCUT2D eigenvalue weighted by Crippen LogP contribution is 2.15. The summed E-state index contributed by atoms with van der Waals surface area (Å²) in [7, 11) is 0. The molecule has 0 radical (unpaired) electrons. The lowest BCUT2D eigenvalue weighted by Crippen LogP contribution is -2.30. The van der Waals surface area contributed by atoms with Crippen LogP contribution < -0.4 is 4.57 Å². The minimum atomic E-state index is -0.368. The molecule has 2 aromatic rings. The number of hydrogen-bond donors (Lipinski definition) is 0. The van der Waals surface area contributed by atoms with E-state index in [9.17, 15) is 10.1 Å². The Kier molecular flexibility index (Phi) is 10.3. The molecule has 0 amide bonds. The SMILES string of the molecule is CCCCCCCCCCCCCC[n+]1ccn(-c2ccc([N+](=O)[O-])cc2)c1. The van der Waals surface area contributed by atoms with Crippen molar-refractivity contribution in [3.8, 4) is 5.69 Å². The van der Waals surface area contributed by atoms with Crippen LogP contribution in [0.5, 0.6) is 0 Å². The van der Waals surface area contributed by atoms with Crippen molar-refractivity contribution in [3.63, 3.8) is 0 Å². The fraction of sp³-hybridized carbons (Fsp3) is 0.609. The van der Waals surface area contributed by atoms with E-state index in [0.29, 0.717) is 0 Å². The number of nitro benzene ring substituents is 1. The molecule has 0 aliphatic rings. The molecular formula is C23H36N3O2+. The summed E-state index contributed by atoms with van der Waals surface area (Å²) >= 11 is 0. The highest BCUT2D eigenvalue weighted by atomic mass is 16.6. The molecule has 1 aromatic carbocycles. The molecule has 0 spiro atoms. The van der Waals surface area contributed by atoms with Crippen molar-refractivity contribution in [2.45, 2.75) is 90.5 Å². The van der Waals surface area contributed by atoms with E-state index < -0.39 is 0 Å². The largest absolute Gasteiger partial charge is 0.269 e. The van der Waals surface area contributed by atoms with Gasteiger partial charge in [-0.2, -0.15) is 0 Å². The third-order valence-corrected chi connectivity index (χ3v) is 5.32. The number of benzene rings is 1. The molecule has 0 fully saturated rings. The summed E-state index contributed by atoms with van der Waals surface area (Å²) in [5.41, 5.74) is 1.07. The number of non-ortho nitro benzene ring substituents is 1. The number of unbranched alkanes of at least 4 members (excludes halogenated alkanes) is 11. The maximum Gasteiger partial charge on any atom is 0.269 e. The maximum atomic E-state index is 10.7. The van der Waals surface area contributed by atoms with Gasteiger partial charge in [0.1, 0.15) is 18.1 Å². The van der Waals surface area contributed by atoms with Crippen molar-refractivity contribution in [1.29, 1.82) is 0 Å². The van der Waals surface area contributed by atoms with Gasteiger partial charge in [-0.05, 0) is 25.0 Å². The molecular weight excluding hydrogens is 350 g/mol. The van der Waals surface area contributed by atoms with Gasteiger partial charge in [0.2, 0.25) is 6.33 Å². The second-order valence-corrected chi connectivity index (χ2v) is 7.72. The topological polar surface area (TPSA) is 52.0 Å². The van der Waals surface area contributed by atoms with Crippen LogP contribution in [0, 0.1) is 10.1 Å². The van der Waals surface area contributed by atoms with E-state index in [4.69, 9.17) is 0 Å². The van der Waals surface area contributed by atoms with Crippen molar-refractivity contribution in [2.24, 2.45) is 0 Å². The normalized spacial score (nSPS) is 11.0. The molecule has 0 N–H and O–H groups in total. The van der Waals surface area contributed by atoms with Gasteiger partial charge < -0.3 is 0 Å². The Labute approximate surface area is 169 Å². The van der Waals surface area contributed by atoms with E-state index in [1.807, 2.05) is 10.8 Å². The Morgan fingerprint density at radius 2 is 1.39 bits per heavy atom. The third-order valence-electron chi connectivity index (χ3n) is 5.32. The van der Waals surface area contributed by atoms with Gasteiger partial charge in [0, 0.05) is 12.1 Å². The highest BCUT2D eigenvalue weighted by molar-refractivity contribution is 5.40. The van der Waals surface area contributed by atoms with Crippen molar-refractivity contribution in [1.82, 2.24) is 4.57 Å². The van der Waals surface area contributed by atoms with Gasteiger partial charge in [-0.1, -0.05) is 71.1 Å². The lowest BCUT2D eigenvalue weighted by atomic mass is 10.1. The number of imidazole rings is 1. The van der Waals surface area contributed by atoms with E-state index in [2.05, 4.69) is 24.0 Å². The zero-order valence-electron chi connectivity index (χ0n) is 17.4. The summed E-state index contributed by atoms with van der Waals surface area (Å²) in [5, 5.41) is 10.7. The summed E-state index contributed by atoms with van der Waals surface area (Å²) in [6.07, 6.45) is 22.5. The van der Waals surface area contributed by atoms with Gasteiger partial charge in [0.05, 0.1) is 11.5 Å². The Balaban J connectivity index is 1.54. The van der Waals surface area contributed by atoms with Gasteiger partial charge in [-0.15, -0.1) is 0 Å². The number of nitro groups is 1. The predicted octanol–water partition coefficient (Wildman–Crippen LogP) is 6.37. The van der Waals surface area contributed by atoms with Crippen LogP contribution in [0.2, 0.25) is 0 Å². The van der Waals surface area contributed by atoms with Crippen LogP contribution in [0.1, 0.15) is 84.0 Å². The number of aromatic nitrogens is 2. The fourth-order valence-electron chi connectivity index (χ4n) is 3.56. The summed E-state index contributed by atoms with van der Waals surface area (Å²) in [4.78, 5) is 10.4. The molecule has 0 saturated heterocycles. The Morgan fingerprint density at radius 3 is 1.93 bits per heavy atom. The van der Waals surface area contributed by atoms with Crippen LogP contribution in [0.4, 0.5) is 5.69 Å². The van der Waals surface area contributed by atoms with Crippen LogP contribution >= 0.6 is 0 Å². The molecule has 1 aromatic heterocycles. The van der Waals surface area contributed by atoms with Gasteiger partial charge in [-0.25, -0.2) is 9.13 Å². The average Bonchev–Trinajstić information content (AvgIpc) is 3.18. The molecule has 0 atom stereocenters. The zero-order chi connectivity index (χ0) is 20.0. The first kappa shape index (κ1) is 22.1. The van der Waals surface area contributed by atoms with Crippen molar-refractivity contribution in [3.05, 3.63) is 53.1 Å². The minimum Gasteiger partial charge on any atom is -0.258 e. The van der Waals surface area contributed by atoms with Gasteiger partial charge in [-0.3, -0.25) is 10.1 Å². The average molecular weight is 387 g/mol. The zero-order valence-corrected chi connectivity index (χ0v) is 17.4. The first-order valence-corrected chi connectivity index (χ1v) is 11.0. The highest BCUT2D eigenvalue weighted by Gasteiger charge is 2.09. The van der Waals surface area contributed by atoms with Crippen LogP contribution in [0.15, 0.2) is 43.0 Å². The molecule has 1 heterocycles. The van der Waals surface area contributed by atoms with Crippen LogP contribution in [-0.4, -0.2) is 9.49 Å². The van der Waals surface area contributed by atoms with Gasteiger partial charge >= 0.3 is 0 Å². The molecule has 0 saturated carbocycles. The van der Waals surface area contributed by atoms with E-state index in [1.165, 1.54) is 77.0 Å². The molecule has 2 rings (SSSR count). The lowest BCUT2D eigenvalue weighted by Gasteiger charge is -2.02. The number of nitrogens with zero attached hydrogens (tertiary/aromatic N) is 3. The Bertz CT molecular complexity index is 679. The Hall–Kier alpha value is -2.17. The first-order valence-electron chi connectivity index (χ1n) is 11.0. The standard InChI is InChI=1S/C23H36N3O2/c1-2-3-4-5-6-7-8-9-10-11-12-13-18-24-19-20-25(21-24)22-14-16-23(17-15-22)26(27)28/h14-17,19-21H,2-13,18H2,1H3/q+1. The molecule has 0 aliphatic heterocycles. The van der Waals surface area contributed by atoms with Gasteiger partial charge in [0.15, 0.2) is 0 Å². The summed E-state index contributed by atoms with van der Waals surface area (Å²) in [6, 6.07) is 6.66. The van der Waals surface area contributed by atoms with E-state index in [1.54, 1.807) is 24.3 Å². The van der Waals surface area contributed by atoms with Crippen molar-refractivity contribution < 1.29 is 9.49 Å². The molecule has 0 unspecified atom stereocenters. The van der Waals surface area contributed by atoms with Crippen molar-refractivity contribution in [2.75, 3.05) is 0 Å². The molecule has 0 aliphatic carbocycles. The number of aryl methyl sites for hydroxylation is 1. The van der Waals surface area contributed by atoms with Crippen LogP contribution in [0.3, 0.4) is 0 Å². The summed E-state index contributed by atoms with van der Waals surface area (Å²) in [5.74, 6) is 0. The molecule has 154 valence electrons. The summed E-state index contributed by atoms with van der Waals surface area (Å²) in [6.45, 7) is 3.30. The fourth-order valence-corrected chi connectivity index (χ4v) is 3.56. The lowest BCUT2D eigenvalue weighted by molar-refractivity contribution is -0.696. The smallest absolute Gasteiger partial charge is 0.258 e. The van der Waals surface area contributed by atoms with Crippen LogP contribution in [0.25, 0.3) is 5.69 Å². The molecule has 5 nitrogen and oxygen atoms in total. The van der Waals surface area contributed by atoms with E-state index in [-0.39, 0.29) is 10.6 Å². The minimum absolute atomic E-state index is 0.125. The van der Waals surface area contributed by atoms with Crippen LogP contribution in [-0.2, 0) is 6.54 Å². The second kappa shape index (κ2) is 13.1. The van der Waals surface area contributed by atoms with E-state index in [0.717, 1.165) is 12.2 Å². The monoisotopic (exact) mass is 386 g/mol. The number of rotatable bonds is 15. The molecule has 5 heteroatoms. The van der Waals surface area contributed by atoms with E-state index >= 15 is 0 Å². The molecule has 28 heavy (non-hydrogen) atoms. The Morgan fingerprint density at radius 1 is 0.857 bits per heavy atom. The summed E-state index contributed by atoms with van der Waals surface area (Å²) < 4.78 is 4.20. The maximum absolute atomic E-state index is 10.7. The predicted molar refractivity (Wildman–Crippen MR) is 114 cm³/mol. The third kappa shape index (κ3) is 8.24. The second-order valence-electron chi connectivity index (χ2n) is 7.72. The van der Waals surface area contributed by atoms with Gasteiger partial charge in [0.25, 0.3) is 5.69 Å². The first-order chi connectivity index (χ1) is 13.7.